The van der Waals surface area contributed by atoms with Crippen LogP contribution in [0.5, 0.6) is 0 Å². The molecule has 0 amide bonds. The van der Waals surface area contributed by atoms with Crippen LogP contribution in [0.1, 0.15) is 53.9 Å². The minimum atomic E-state index is 0.692. The van der Waals surface area contributed by atoms with Crippen LogP contribution in [0.4, 0.5) is 0 Å². The molecule has 0 bridgehead atoms. The first-order valence-electron chi connectivity index (χ1n) is 9.22. The predicted molar refractivity (Wildman–Crippen MR) is 91.7 cm³/mol. The molecule has 0 aromatic rings. The van der Waals surface area contributed by atoms with Crippen molar-refractivity contribution >= 4 is 0 Å². The number of likely N-dealkylation sites (tertiary alicyclic amines) is 1. The molecule has 2 fully saturated rings. The first-order valence-corrected chi connectivity index (χ1v) is 9.22. The number of nitrogens with zero attached hydrogens (tertiary/aromatic N) is 2. The van der Waals surface area contributed by atoms with Gasteiger partial charge in [-0.3, -0.25) is 4.90 Å². The standard InChI is InChI=1S/C18H37N3/c1-6-20-9-7-8-17(13-20)21-12-16(10-14(2)3)19-11-18(21)15(4)5/h14-19H,6-13H2,1-5H3. The molecule has 0 aromatic carbocycles. The predicted octanol–water partition coefficient (Wildman–Crippen LogP) is 2.82. The Morgan fingerprint density at radius 3 is 2.52 bits per heavy atom. The minimum Gasteiger partial charge on any atom is -0.311 e. The van der Waals surface area contributed by atoms with Crippen LogP contribution in [0.2, 0.25) is 0 Å². The molecule has 0 radical (unpaired) electrons. The van der Waals surface area contributed by atoms with Gasteiger partial charge >= 0.3 is 0 Å². The van der Waals surface area contributed by atoms with E-state index in [1.54, 1.807) is 0 Å². The van der Waals surface area contributed by atoms with Gasteiger partial charge in [0.05, 0.1) is 0 Å². The zero-order valence-electron chi connectivity index (χ0n) is 14.9. The van der Waals surface area contributed by atoms with Gasteiger partial charge in [-0.25, -0.2) is 0 Å². The lowest BCUT2D eigenvalue weighted by Gasteiger charge is -2.49. The number of piperazine rings is 1. The first kappa shape index (κ1) is 17.2. The van der Waals surface area contributed by atoms with E-state index in [2.05, 4.69) is 49.7 Å². The van der Waals surface area contributed by atoms with Crippen LogP contribution >= 0.6 is 0 Å². The van der Waals surface area contributed by atoms with Crippen molar-refractivity contribution in [2.24, 2.45) is 11.8 Å². The third kappa shape index (κ3) is 4.67. The molecule has 3 heteroatoms. The minimum absolute atomic E-state index is 0.692. The van der Waals surface area contributed by atoms with E-state index in [0.717, 1.165) is 23.9 Å². The Hall–Kier alpha value is -0.120. The zero-order valence-corrected chi connectivity index (χ0v) is 14.9. The van der Waals surface area contributed by atoms with Gasteiger partial charge in [0, 0.05) is 37.8 Å². The van der Waals surface area contributed by atoms with Crippen LogP contribution in [0.25, 0.3) is 0 Å². The normalized spacial score (nSPS) is 33.0. The van der Waals surface area contributed by atoms with Crippen molar-refractivity contribution in [1.82, 2.24) is 15.1 Å². The Labute approximate surface area is 132 Å². The quantitative estimate of drug-likeness (QED) is 0.841. The highest BCUT2D eigenvalue weighted by atomic mass is 15.3. The summed E-state index contributed by atoms with van der Waals surface area (Å²) in [5.74, 6) is 1.54. The second-order valence-electron chi connectivity index (χ2n) is 7.93. The van der Waals surface area contributed by atoms with Crippen molar-refractivity contribution in [1.29, 1.82) is 0 Å². The smallest absolute Gasteiger partial charge is 0.0247 e. The van der Waals surface area contributed by atoms with Gasteiger partial charge in [-0.05, 0) is 44.2 Å². The fourth-order valence-corrected chi connectivity index (χ4v) is 4.21. The molecule has 0 saturated carbocycles. The molecule has 124 valence electrons. The molecule has 2 aliphatic rings. The van der Waals surface area contributed by atoms with Crippen molar-refractivity contribution in [2.75, 3.05) is 32.7 Å². The monoisotopic (exact) mass is 295 g/mol. The highest BCUT2D eigenvalue weighted by Gasteiger charge is 2.35. The summed E-state index contributed by atoms with van der Waals surface area (Å²) < 4.78 is 0. The highest BCUT2D eigenvalue weighted by molar-refractivity contribution is 4.93. The van der Waals surface area contributed by atoms with E-state index in [1.807, 2.05) is 0 Å². The lowest BCUT2D eigenvalue weighted by molar-refractivity contribution is 0.0162. The maximum Gasteiger partial charge on any atom is 0.0247 e. The van der Waals surface area contributed by atoms with Gasteiger partial charge in [-0.1, -0.05) is 34.6 Å². The van der Waals surface area contributed by atoms with Gasteiger partial charge in [0.2, 0.25) is 0 Å². The Morgan fingerprint density at radius 1 is 1.14 bits per heavy atom. The van der Waals surface area contributed by atoms with Crippen molar-refractivity contribution in [3.8, 4) is 0 Å². The van der Waals surface area contributed by atoms with E-state index >= 15 is 0 Å². The Balaban J connectivity index is 2.02. The first-order chi connectivity index (χ1) is 10.0. The fourth-order valence-electron chi connectivity index (χ4n) is 4.21. The lowest BCUT2D eigenvalue weighted by atomic mass is 9.91. The summed E-state index contributed by atoms with van der Waals surface area (Å²) in [5.41, 5.74) is 0. The number of nitrogens with one attached hydrogen (secondary N) is 1. The summed E-state index contributed by atoms with van der Waals surface area (Å²) in [6, 6.07) is 2.19. The van der Waals surface area contributed by atoms with E-state index < -0.39 is 0 Å². The Morgan fingerprint density at radius 2 is 1.90 bits per heavy atom. The summed E-state index contributed by atoms with van der Waals surface area (Å²) >= 11 is 0. The lowest BCUT2D eigenvalue weighted by Crippen LogP contribution is -2.63. The third-order valence-electron chi connectivity index (χ3n) is 5.40. The number of rotatable bonds is 5. The van der Waals surface area contributed by atoms with Crippen molar-refractivity contribution < 1.29 is 0 Å². The topological polar surface area (TPSA) is 18.5 Å². The Kier molecular flexibility index (Phi) is 6.51. The summed E-state index contributed by atoms with van der Waals surface area (Å²) in [6.07, 6.45) is 4.09. The Bertz CT molecular complexity index is 303. The van der Waals surface area contributed by atoms with E-state index in [1.165, 1.54) is 52.0 Å². The van der Waals surface area contributed by atoms with Gasteiger partial charge in [0.15, 0.2) is 0 Å². The summed E-state index contributed by atoms with van der Waals surface area (Å²) in [7, 11) is 0. The van der Waals surface area contributed by atoms with Crippen molar-refractivity contribution in [3.05, 3.63) is 0 Å². The van der Waals surface area contributed by atoms with Crippen molar-refractivity contribution in [3.63, 3.8) is 0 Å². The number of hydrogen-bond donors (Lipinski definition) is 1. The van der Waals surface area contributed by atoms with Crippen molar-refractivity contribution in [2.45, 2.75) is 72.0 Å². The van der Waals surface area contributed by atoms with Crippen LogP contribution in [0.3, 0.4) is 0 Å². The van der Waals surface area contributed by atoms with Gasteiger partial charge < -0.3 is 10.2 Å². The maximum atomic E-state index is 3.82. The van der Waals surface area contributed by atoms with Gasteiger partial charge in [-0.15, -0.1) is 0 Å². The number of hydrogen-bond acceptors (Lipinski definition) is 3. The molecule has 0 spiro atoms. The zero-order chi connectivity index (χ0) is 15.4. The molecule has 0 aliphatic carbocycles. The molecule has 3 nitrogen and oxygen atoms in total. The molecular formula is C18H37N3. The fraction of sp³-hybridized carbons (Fsp3) is 1.00. The second-order valence-corrected chi connectivity index (χ2v) is 7.93. The third-order valence-corrected chi connectivity index (χ3v) is 5.40. The van der Waals surface area contributed by atoms with E-state index in [9.17, 15) is 0 Å². The van der Waals surface area contributed by atoms with Gasteiger partial charge in [0.1, 0.15) is 0 Å². The summed E-state index contributed by atoms with van der Waals surface area (Å²) in [4.78, 5) is 5.51. The number of likely N-dealkylation sites (N-methyl/N-ethyl adjacent to an activating group) is 1. The molecule has 2 saturated heterocycles. The molecule has 3 atom stereocenters. The van der Waals surface area contributed by atoms with Crippen LogP contribution in [0.15, 0.2) is 0 Å². The molecule has 21 heavy (non-hydrogen) atoms. The van der Waals surface area contributed by atoms with Gasteiger partial charge in [0.25, 0.3) is 0 Å². The molecule has 0 aromatic heterocycles. The molecule has 1 N–H and O–H groups in total. The van der Waals surface area contributed by atoms with Crippen LogP contribution in [0, 0.1) is 11.8 Å². The van der Waals surface area contributed by atoms with E-state index in [-0.39, 0.29) is 0 Å². The van der Waals surface area contributed by atoms with Gasteiger partial charge in [-0.2, -0.15) is 0 Å². The maximum absolute atomic E-state index is 3.82. The molecule has 2 rings (SSSR count). The van der Waals surface area contributed by atoms with E-state index in [4.69, 9.17) is 0 Å². The molecular weight excluding hydrogens is 258 g/mol. The molecule has 2 aliphatic heterocycles. The average molecular weight is 296 g/mol. The highest BCUT2D eigenvalue weighted by Crippen LogP contribution is 2.25. The summed E-state index contributed by atoms with van der Waals surface area (Å²) in [5, 5.41) is 3.82. The van der Waals surface area contributed by atoms with E-state index in [0.29, 0.717) is 6.04 Å². The largest absolute Gasteiger partial charge is 0.311 e. The SMILES string of the molecule is CCN1CCCC(N2CC(CC(C)C)NCC2C(C)C)C1. The average Bonchev–Trinajstić information content (AvgIpc) is 2.46. The summed E-state index contributed by atoms with van der Waals surface area (Å²) in [6.45, 7) is 18.0. The van der Waals surface area contributed by atoms with Crippen LogP contribution in [-0.2, 0) is 0 Å². The van der Waals surface area contributed by atoms with Crippen LogP contribution in [-0.4, -0.2) is 60.6 Å². The number of piperidine rings is 1. The van der Waals surface area contributed by atoms with Crippen LogP contribution < -0.4 is 5.32 Å². The molecule has 2 heterocycles. The second kappa shape index (κ2) is 7.94. The molecule has 3 unspecified atom stereocenters.